The van der Waals surface area contributed by atoms with E-state index in [1.807, 2.05) is 0 Å². The summed E-state index contributed by atoms with van der Waals surface area (Å²) in [5.41, 5.74) is 3.57. The molecule has 36 valence electrons. The second-order valence-corrected chi connectivity index (χ2v) is 5.73. The number of hydrogen-bond acceptors (Lipinski definition) is 1. The molecule has 0 fully saturated rings. The molecule has 0 bridgehead atoms. The van der Waals surface area contributed by atoms with Crippen LogP contribution < -0.4 is 0 Å². The van der Waals surface area contributed by atoms with Crippen LogP contribution in [-0.4, -0.2) is 24.5 Å². The molecule has 0 radical (unpaired) electrons. The van der Waals surface area contributed by atoms with Gasteiger partial charge in [-0.15, -0.1) is 0 Å². The van der Waals surface area contributed by atoms with E-state index in [0.717, 1.165) is 0 Å². The molecule has 0 aliphatic carbocycles. The fraction of sp³-hybridized carbons (Fsp3) is 0.667. The standard InChI is InChI=1S/C3H7AsO2/c1-4(2)3(5)6/h1-2H3,(H,5,6). The minimum atomic E-state index is -1.38. The van der Waals surface area contributed by atoms with Gasteiger partial charge in [0, 0.05) is 0 Å². The Kier molecular flexibility index (Phi) is 2.26. The van der Waals surface area contributed by atoms with Crippen molar-refractivity contribution < 1.29 is 9.90 Å². The van der Waals surface area contributed by atoms with Gasteiger partial charge in [-0.3, -0.25) is 0 Å². The third-order valence-electron chi connectivity index (χ3n) is 0.383. The van der Waals surface area contributed by atoms with Gasteiger partial charge in [-0.05, 0) is 0 Å². The molecule has 0 aromatic heterocycles. The number of hydrogen-bond donors (Lipinski definition) is 1. The molecule has 0 atom stereocenters. The molecular formula is C3H7AsO2. The first kappa shape index (κ1) is 6.03. The summed E-state index contributed by atoms with van der Waals surface area (Å²) < 4.78 is -0.595. The van der Waals surface area contributed by atoms with E-state index in [4.69, 9.17) is 5.11 Å². The maximum absolute atomic E-state index is 9.76. The molecule has 0 saturated heterocycles. The topological polar surface area (TPSA) is 37.3 Å². The van der Waals surface area contributed by atoms with E-state index in [1.165, 1.54) is 0 Å². The van der Waals surface area contributed by atoms with E-state index in [9.17, 15) is 4.79 Å². The zero-order valence-corrected chi connectivity index (χ0v) is 5.68. The molecule has 0 aromatic carbocycles. The van der Waals surface area contributed by atoms with Crippen LogP contribution >= 0.6 is 0 Å². The van der Waals surface area contributed by atoms with E-state index in [-0.39, 0.29) is 0 Å². The van der Waals surface area contributed by atoms with E-state index >= 15 is 0 Å². The van der Waals surface area contributed by atoms with Crippen molar-refractivity contribution >= 4 is 19.4 Å². The predicted octanol–water partition coefficient (Wildman–Crippen LogP) is 1.00. The van der Waals surface area contributed by atoms with Gasteiger partial charge >= 0.3 is 40.7 Å². The van der Waals surface area contributed by atoms with Gasteiger partial charge < -0.3 is 0 Å². The van der Waals surface area contributed by atoms with Gasteiger partial charge in [0.25, 0.3) is 0 Å². The van der Waals surface area contributed by atoms with E-state index < -0.39 is 19.4 Å². The Hall–Kier alpha value is 0.0284. The van der Waals surface area contributed by atoms with Crippen LogP contribution in [0.3, 0.4) is 0 Å². The molecule has 0 heterocycles. The summed E-state index contributed by atoms with van der Waals surface area (Å²) in [5, 5.41) is 8.06. The predicted molar refractivity (Wildman–Crippen MR) is 25.5 cm³/mol. The SMILES string of the molecule is C[As](C)C(=O)O. The number of carboxylic acid groups (broad SMARTS) is 1. The van der Waals surface area contributed by atoms with Crippen molar-refractivity contribution in [1.82, 2.24) is 0 Å². The van der Waals surface area contributed by atoms with Crippen molar-refractivity contribution in [3.05, 3.63) is 0 Å². The Labute approximate surface area is 41.4 Å². The summed E-state index contributed by atoms with van der Waals surface area (Å²) in [7, 11) is 0. The molecule has 0 aromatic rings. The summed E-state index contributed by atoms with van der Waals surface area (Å²) in [6, 6.07) is 0. The van der Waals surface area contributed by atoms with Gasteiger partial charge in [0.15, 0.2) is 0 Å². The Morgan fingerprint density at radius 1 is 1.67 bits per heavy atom. The molecule has 0 aliphatic heterocycles. The van der Waals surface area contributed by atoms with Crippen LogP contribution in [0.4, 0.5) is 4.79 Å². The van der Waals surface area contributed by atoms with Crippen molar-refractivity contribution in [2.24, 2.45) is 0 Å². The second kappa shape index (κ2) is 2.25. The van der Waals surface area contributed by atoms with Crippen molar-refractivity contribution in [3.63, 3.8) is 0 Å². The Bertz CT molecular complexity index is 59.8. The van der Waals surface area contributed by atoms with Crippen molar-refractivity contribution in [1.29, 1.82) is 0 Å². The van der Waals surface area contributed by atoms with Gasteiger partial charge in [-0.1, -0.05) is 0 Å². The summed E-state index contributed by atoms with van der Waals surface area (Å²) in [5.74, 6) is 0. The van der Waals surface area contributed by atoms with Gasteiger partial charge in [0.2, 0.25) is 0 Å². The first-order valence-electron chi connectivity index (χ1n) is 1.55. The van der Waals surface area contributed by atoms with Gasteiger partial charge in [-0.25, -0.2) is 0 Å². The molecule has 0 unspecified atom stereocenters. The Balaban J connectivity index is 3.26. The van der Waals surface area contributed by atoms with Gasteiger partial charge in [0.05, 0.1) is 0 Å². The minimum absolute atomic E-state index is 0.595. The first-order valence-corrected chi connectivity index (χ1v) is 6.24. The molecule has 0 rings (SSSR count). The zero-order chi connectivity index (χ0) is 5.15. The third kappa shape index (κ3) is 2.28. The van der Waals surface area contributed by atoms with Crippen molar-refractivity contribution in [3.8, 4) is 0 Å². The van der Waals surface area contributed by atoms with E-state index in [1.54, 1.807) is 11.4 Å². The average Bonchev–Trinajstić information content (AvgIpc) is 1.36. The number of rotatable bonds is 1. The molecule has 1 N–H and O–H groups in total. The molecule has 3 heteroatoms. The molecule has 0 aliphatic rings. The second-order valence-electron chi connectivity index (χ2n) is 1.18. The van der Waals surface area contributed by atoms with Crippen molar-refractivity contribution in [2.75, 3.05) is 0 Å². The summed E-state index contributed by atoms with van der Waals surface area (Å²) in [6.45, 7) is 0. The summed E-state index contributed by atoms with van der Waals surface area (Å²) in [6.07, 6.45) is 0. The first-order chi connectivity index (χ1) is 2.64. The normalized spacial score (nSPS) is 9.17. The third-order valence-corrected chi connectivity index (χ3v) is 1.99. The molecule has 2 nitrogen and oxygen atoms in total. The maximum atomic E-state index is 9.76. The van der Waals surface area contributed by atoms with Crippen molar-refractivity contribution in [2.45, 2.75) is 11.4 Å². The Morgan fingerprint density at radius 2 is 1.83 bits per heavy atom. The fourth-order valence-electron chi connectivity index (χ4n) is 0. The van der Waals surface area contributed by atoms with Crippen LogP contribution in [-0.2, 0) is 0 Å². The van der Waals surface area contributed by atoms with E-state index in [0.29, 0.717) is 0 Å². The van der Waals surface area contributed by atoms with Crippen LogP contribution in [0.15, 0.2) is 0 Å². The molecular weight excluding hydrogens is 143 g/mol. The van der Waals surface area contributed by atoms with Crippen LogP contribution in [0.25, 0.3) is 0 Å². The van der Waals surface area contributed by atoms with Crippen LogP contribution in [0.2, 0.25) is 11.4 Å². The Morgan fingerprint density at radius 3 is 1.83 bits per heavy atom. The monoisotopic (exact) mass is 150 g/mol. The summed E-state index contributed by atoms with van der Waals surface area (Å²) >= 11 is -1.38. The fourth-order valence-corrected chi connectivity index (χ4v) is 0. The van der Waals surface area contributed by atoms with Crippen LogP contribution in [0.1, 0.15) is 0 Å². The number of carbonyl (C=O) groups is 1. The van der Waals surface area contributed by atoms with Gasteiger partial charge in [0.1, 0.15) is 0 Å². The zero-order valence-electron chi connectivity index (χ0n) is 3.80. The average molecular weight is 150 g/mol. The molecule has 0 amide bonds. The molecule has 0 saturated carbocycles. The quantitative estimate of drug-likeness (QED) is 0.566. The van der Waals surface area contributed by atoms with Gasteiger partial charge in [-0.2, -0.15) is 0 Å². The van der Waals surface area contributed by atoms with Crippen LogP contribution in [0, 0.1) is 0 Å². The summed E-state index contributed by atoms with van der Waals surface area (Å²) in [4.78, 5) is 9.76. The van der Waals surface area contributed by atoms with Crippen LogP contribution in [0.5, 0.6) is 0 Å². The molecule has 0 spiro atoms. The van der Waals surface area contributed by atoms with E-state index in [2.05, 4.69) is 0 Å². The molecule has 6 heavy (non-hydrogen) atoms.